The summed E-state index contributed by atoms with van der Waals surface area (Å²) in [5, 5.41) is 5.44. The first-order valence-electron chi connectivity index (χ1n) is 9.69. The Bertz CT molecular complexity index is 1360. The van der Waals surface area contributed by atoms with Crippen molar-refractivity contribution in [3.05, 3.63) is 77.8 Å². The van der Waals surface area contributed by atoms with Gasteiger partial charge >= 0.3 is 0 Å². The molecule has 6 nitrogen and oxygen atoms in total. The van der Waals surface area contributed by atoms with Crippen LogP contribution in [-0.4, -0.2) is 38.7 Å². The molecule has 0 radical (unpaired) electrons. The van der Waals surface area contributed by atoms with Gasteiger partial charge in [-0.25, -0.2) is 13.1 Å². The monoisotopic (exact) mass is 468 g/mol. The van der Waals surface area contributed by atoms with E-state index in [1.54, 1.807) is 49.2 Å². The molecule has 1 aromatic heterocycles. The molecule has 164 valence electrons. The van der Waals surface area contributed by atoms with E-state index >= 15 is 0 Å². The zero-order valence-corrected chi connectivity index (χ0v) is 19.3. The molecule has 0 spiro atoms. The molecule has 0 saturated heterocycles. The Morgan fingerprint density at radius 2 is 1.56 bits per heavy atom. The van der Waals surface area contributed by atoms with Gasteiger partial charge in [0.1, 0.15) is 11.5 Å². The van der Waals surface area contributed by atoms with Crippen molar-refractivity contribution >= 4 is 21.4 Å². The molecule has 8 heteroatoms. The molecule has 1 heterocycles. The van der Waals surface area contributed by atoms with Gasteiger partial charge in [-0.15, -0.1) is 0 Å². The van der Waals surface area contributed by atoms with Gasteiger partial charge in [-0.3, -0.25) is 0 Å². The van der Waals surface area contributed by atoms with Gasteiger partial charge in [0.15, 0.2) is 9.84 Å². The minimum absolute atomic E-state index is 0.245. The second kappa shape index (κ2) is 8.68. The molecule has 32 heavy (non-hydrogen) atoms. The Morgan fingerprint density at radius 3 is 2.16 bits per heavy atom. The van der Waals surface area contributed by atoms with Gasteiger partial charge < -0.3 is 9.47 Å². The normalized spacial score (nSPS) is 11.4. The van der Waals surface area contributed by atoms with E-state index in [0.717, 1.165) is 22.5 Å². The highest BCUT2D eigenvalue weighted by molar-refractivity contribution is 7.90. The van der Waals surface area contributed by atoms with Crippen molar-refractivity contribution in [2.24, 2.45) is 0 Å². The number of methoxy groups -OCH3 is 2. The summed E-state index contributed by atoms with van der Waals surface area (Å²) >= 11 is 6.04. The molecule has 0 aliphatic rings. The SMILES string of the molecule is COc1ccc(-c2cc(-c3ccc(Cl)cc3)nn2-c2ccc(S(C)(=O)=O)cc2)c(OC)c1. The molecule has 0 atom stereocenters. The van der Waals surface area contributed by atoms with Crippen molar-refractivity contribution in [2.75, 3.05) is 20.5 Å². The fourth-order valence-electron chi connectivity index (χ4n) is 3.38. The zero-order chi connectivity index (χ0) is 22.9. The van der Waals surface area contributed by atoms with Crippen molar-refractivity contribution in [2.45, 2.75) is 4.90 Å². The van der Waals surface area contributed by atoms with Crippen LogP contribution in [0.3, 0.4) is 0 Å². The lowest BCUT2D eigenvalue weighted by Crippen LogP contribution is -2.02. The summed E-state index contributed by atoms with van der Waals surface area (Å²) in [7, 11) is -0.105. The quantitative estimate of drug-likeness (QED) is 0.385. The predicted octanol–water partition coefficient (Wildman–Crippen LogP) is 5.28. The number of hydrogen-bond donors (Lipinski definition) is 0. The molecule has 0 saturated carbocycles. The third-order valence-electron chi connectivity index (χ3n) is 5.04. The van der Waals surface area contributed by atoms with E-state index in [9.17, 15) is 8.42 Å². The second-order valence-corrected chi connectivity index (χ2v) is 9.62. The summed E-state index contributed by atoms with van der Waals surface area (Å²) in [6, 6.07) is 21.5. The first-order valence-corrected chi connectivity index (χ1v) is 12.0. The smallest absolute Gasteiger partial charge is 0.175 e. The summed E-state index contributed by atoms with van der Waals surface area (Å²) in [6.45, 7) is 0. The average Bonchev–Trinajstić information content (AvgIpc) is 3.23. The van der Waals surface area contributed by atoms with Gasteiger partial charge in [0.2, 0.25) is 0 Å². The molecule has 0 aliphatic heterocycles. The van der Waals surface area contributed by atoms with Crippen molar-refractivity contribution in [1.82, 2.24) is 9.78 Å². The van der Waals surface area contributed by atoms with Crippen LogP contribution in [0.1, 0.15) is 0 Å². The largest absolute Gasteiger partial charge is 0.497 e. The maximum Gasteiger partial charge on any atom is 0.175 e. The van der Waals surface area contributed by atoms with E-state index in [0.29, 0.717) is 22.2 Å². The number of ether oxygens (including phenoxy) is 2. The van der Waals surface area contributed by atoms with Gasteiger partial charge in [0, 0.05) is 28.5 Å². The number of sulfone groups is 1. The molecule has 0 amide bonds. The minimum Gasteiger partial charge on any atom is -0.497 e. The Labute approximate surface area is 191 Å². The third kappa shape index (κ3) is 4.35. The Kier molecular flexibility index (Phi) is 5.95. The predicted molar refractivity (Wildman–Crippen MR) is 126 cm³/mol. The third-order valence-corrected chi connectivity index (χ3v) is 6.42. The van der Waals surface area contributed by atoms with Crippen LogP contribution in [0.2, 0.25) is 5.02 Å². The summed E-state index contributed by atoms with van der Waals surface area (Å²) in [6.07, 6.45) is 1.18. The summed E-state index contributed by atoms with van der Waals surface area (Å²) in [4.78, 5) is 0.245. The molecule has 0 N–H and O–H groups in total. The van der Waals surface area contributed by atoms with E-state index in [2.05, 4.69) is 0 Å². The highest BCUT2D eigenvalue weighted by Gasteiger charge is 2.18. The number of aromatic nitrogens is 2. The van der Waals surface area contributed by atoms with E-state index < -0.39 is 9.84 Å². The van der Waals surface area contributed by atoms with Crippen molar-refractivity contribution in [3.63, 3.8) is 0 Å². The second-order valence-electron chi connectivity index (χ2n) is 7.17. The lowest BCUT2D eigenvalue weighted by molar-refractivity contribution is 0.395. The first kappa shape index (κ1) is 21.9. The van der Waals surface area contributed by atoms with Crippen LogP contribution in [0.15, 0.2) is 77.7 Å². The average molecular weight is 469 g/mol. The maximum atomic E-state index is 11.9. The van der Waals surface area contributed by atoms with Crippen LogP contribution < -0.4 is 9.47 Å². The standard InChI is InChI=1S/C24H21ClN2O4S/c1-30-19-10-13-21(24(14-19)31-2)23-15-22(16-4-6-17(25)7-5-16)26-27(23)18-8-11-20(12-9-18)32(3,28)29/h4-15H,1-3H3. The van der Waals surface area contributed by atoms with Gasteiger partial charge in [-0.1, -0.05) is 23.7 Å². The lowest BCUT2D eigenvalue weighted by atomic mass is 10.1. The molecule has 4 aromatic rings. The Hall–Kier alpha value is -3.29. The topological polar surface area (TPSA) is 70.4 Å². The first-order chi connectivity index (χ1) is 15.3. The minimum atomic E-state index is -3.30. The zero-order valence-electron chi connectivity index (χ0n) is 17.7. The molecular weight excluding hydrogens is 448 g/mol. The van der Waals surface area contributed by atoms with Crippen molar-refractivity contribution < 1.29 is 17.9 Å². The van der Waals surface area contributed by atoms with Crippen LogP contribution >= 0.6 is 11.6 Å². The highest BCUT2D eigenvalue weighted by atomic mass is 35.5. The van der Waals surface area contributed by atoms with Gasteiger partial charge in [-0.2, -0.15) is 5.10 Å². The van der Waals surface area contributed by atoms with Crippen LogP contribution in [0.25, 0.3) is 28.2 Å². The van der Waals surface area contributed by atoms with Crippen LogP contribution in [0.4, 0.5) is 0 Å². The summed E-state index contributed by atoms with van der Waals surface area (Å²) in [5.74, 6) is 1.30. The molecular formula is C24H21ClN2O4S. The number of nitrogens with zero attached hydrogens (tertiary/aromatic N) is 2. The van der Waals surface area contributed by atoms with E-state index in [-0.39, 0.29) is 4.90 Å². The maximum absolute atomic E-state index is 11.9. The Morgan fingerprint density at radius 1 is 0.875 bits per heavy atom. The highest BCUT2D eigenvalue weighted by Crippen LogP contribution is 2.37. The van der Waals surface area contributed by atoms with E-state index in [1.807, 2.05) is 42.5 Å². The molecule has 0 aliphatic carbocycles. The van der Waals surface area contributed by atoms with Crippen LogP contribution in [0.5, 0.6) is 11.5 Å². The van der Waals surface area contributed by atoms with Crippen molar-refractivity contribution in [3.8, 4) is 39.7 Å². The number of rotatable bonds is 6. The number of halogens is 1. The fraction of sp³-hybridized carbons (Fsp3) is 0.125. The fourth-order valence-corrected chi connectivity index (χ4v) is 4.13. The number of hydrogen-bond acceptors (Lipinski definition) is 5. The van der Waals surface area contributed by atoms with Crippen LogP contribution in [0, 0.1) is 0 Å². The molecule has 3 aromatic carbocycles. The molecule has 0 unspecified atom stereocenters. The molecule has 0 fully saturated rings. The molecule has 0 bridgehead atoms. The summed E-state index contributed by atoms with van der Waals surface area (Å²) < 4.78 is 36.4. The van der Waals surface area contributed by atoms with Gasteiger partial charge in [0.25, 0.3) is 0 Å². The van der Waals surface area contributed by atoms with E-state index in [1.165, 1.54) is 6.26 Å². The number of benzene rings is 3. The van der Waals surface area contributed by atoms with E-state index in [4.69, 9.17) is 26.2 Å². The lowest BCUT2D eigenvalue weighted by Gasteiger charge is -2.12. The molecule has 4 rings (SSSR count). The van der Waals surface area contributed by atoms with Crippen LogP contribution in [-0.2, 0) is 9.84 Å². The van der Waals surface area contributed by atoms with Crippen molar-refractivity contribution in [1.29, 1.82) is 0 Å². The van der Waals surface area contributed by atoms with Gasteiger partial charge in [0.05, 0.1) is 36.2 Å². The van der Waals surface area contributed by atoms with Gasteiger partial charge in [-0.05, 0) is 54.6 Å². The Balaban J connectivity index is 1.91. The summed E-state index contributed by atoms with van der Waals surface area (Å²) in [5.41, 5.74) is 3.94.